The lowest BCUT2D eigenvalue weighted by Crippen LogP contribution is -2.39. The van der Waals surface area contributed by atoms with E-state index < -0.39 is 0 Å². The van der Waals surface area contributed by atoms with Crippen molar-refractivity contribution in [2.45, 2.75) is 70.6 Å². The smallest absolute Gasteiger partial charge is 0.0540 e. The molecule has 120 valence electrons. The first kappa shape index (κ1) is 18.2. The van der Waals surface area contributed by atoms with Crippen molar-refractivity contribution in [1.29, 1.82) is 0 Å². The molecule has 1 rings (SSSR count). The molecule has 1 unspecified atom stereocenters. The monoisotopic (exact) mass is 291 g/mol. The summed E-state index contributed by atoms with van der Waals surface area (Å²) in [5.74, 6) is 0. The molecular weight excluding hydrogens is 258 g/mol. The molecule has 0 saturated heterocycles. The van der Waals surface area contributed by atoms with E-state index in [0.29, 0.717) is 6.54 Å². The van der Waals surface area contributed by atoms with Crippen molar-refractivity contribution in [2.24, 2.45) is 5.73 Å². The average molecular weight is 291 g/mol. The van der Waals surface area contributed by atoms with Crippen LogP contribution in [0.3, 0.4) is 0 Å². The van der Waals surface area contributed by atoms with E-state index >= 15 is 0 Å². The third-order valence-electron chi connectivity index (χ3n) is 4.67. The van der Waals surface area contributed by atoms with Gasteiger partial charge in [0.1, 0.15) is 0 Å². The van der Waals surface area contributed by atoms with Crippen LogP contribution < -0.4 is 5.73 Å². The highest BCUT2D eigenvalue weighted by atomic mass is 16.3. The molecule has 0 saturated carbocycles. The first-order valence-electron chi connectivity index (χ1n) is 8.57. The molecule has 0 aliphatic carbocycles. The normalized spacial score (nSPS) is 14.1. The maximum atomic E-state index is 9.95. The van der Waals surface area contributed by atoms with Gasteiger partial charge in [-0.2, -0.15) is 0 Å². The quantitative estimate of drug-likeness (QED) is 0.596. The zero-order chi connectivity index (χ0) is 15.6. The third kappa shape index (κ3) is 5.44. The van der Waals surface area contributed by atoms with Crippen LogP contribution in [0.4, 0.5) is 0 Å². The molecule has 1 aromatic carbocycles. The van der Waals surface area contributed by atoms with Gasteiger partial charge in [0.05, 0.1) is 6.61 Å². The number of hydrogen-bond acceptors (Lipinski definition) is 2. The summed E-state index contributed by atoms with van der Waals surface area (Å²) in [6.45, 7) is 5.02. The van der Waals surface area contributed by atoms with E-state index in [1.807, 2.05) is 12.1 Å². The number of benzene rings is 1. The zero-order valence-corrected chi connectivity index (χ0v) is 13.9. The fourth-order valence-corrected chi connectivity index (χ4v) is 3.16. The summed E-state index contributed by atoms with van der Waals surface area (Å²) in [5, 5.41) is 9.95. The van der Waals surface area contributed by atoms with Gasteiger partial charge in [0.2, 0.25) is 0 Å². The molecule has 0 spiro atoms. The second-order valence-electron chi connectivity index (χ2n) is 6.33. The molecule has 1 atom stereocenters. The van der Waals surface area contributed by atoms with Crippen LogP contribution in [0, 0.1) is 6.92 Å². The minimum atomic E-state index is -0.255. The SMILES string of the molecule is CCCCCCCCCC(CN)(CO)c1ccccc1C. The summed E-state index contributed by atoms with van der Waals surface area (Å²) in [6, 6.07) is 8.33. The fraction of sp³-hybridized carbons (Fsp3) is 0.684. The Hall–Kier alpha value is -0.860. The van der Waals surface area contributed by atoms with Gasteiger partial charge < -0.3 is 10.8 Å². The van der Waals surface area contributed by atoms with Gasteiger partial charge in [-0.25, -0.2) is 0 Å². The van der Waals surface area contributed by atoms with E-state index in [0.717, 1.165) is 12.8 Å². The summed E-state index contributed by atoms with van der Waals surface area (Å²) in [7, 11) is 0. The van der Waals surface area contributed by atoms with Crippen molar-refractivity contribution in [2.75, 3.05) is 13.2 Å². The van der Waals surface area contributed by atoms with Gasteiger partial charge in [0, 0.05) is 12.0 Å². The molecule has 0 fully saturated rings. The number of aryl methyl sites for hydroxylation is 1. The Morgan fingerprint density at radius 2 is 1.62 bits per heavy atom. The van der Waals surface area contributed by atoms with E-state index in [9.17, 15) is 5.11 Å². The molecular formula is C19H33NO. The van der Waals surface area contributed by atoms with Crippen LogP contribution >= 0.6 is 0 Å². The fourth-order valence-electron chi connectivity index (χ4n) is 3.16. The first-order valence-corrected chi connectivity index (χ1v) is 8.57. The molecule has 0 aliphatic rings. The standard InChI is InChI=1S/C19H33NO/c1-3-4-5-6-7-8-11-14-19(15-20,16-21)18-13-10-9-12-17(18)2/h9-10,12-13,21H,3-8,11,14-16,20H2,1-2H3. The summed E-state index contributed by atoms with van der Waals surface area (Å²) in [4.78, 5) is 0. The highest BCUT2D eigenvalue weighted by molar-refractivity contribution is 5.34. The Morgan fingerprint density at radius 1 is 1.00 bits per heavy atom. The van der Waals surface area contributed by atoms with Crippen molar-refractivity contribution in [1.82, 2.24) is 0 Å². The second-order valence-corrected chi connectivity index (χ2v) is 6.33. The zero-order valence-electron chi connectivity index (χ0n) is 13.9. The summed E-state index contributed by atoms with van der Waals surface area (Å²) in [6.07, 6.45) is 10.0. The predicted molar refractivity (Wildman–Crippen MR) is 91.6 cm³/mol. The molecule has 2 nitrogen and oxygen atoms in total. The Labute approximate surface area is 130 Å². The number of hydrogen-bond donors (Lipinski definition) is 2. The number of aliphatic hydroxyl groups excluding tert-OH is 1. The van der Waals surface area contributed by atoms with Crippen molar-refractivity contribution >= 4 is 0 Å². The topological polar surface area (TPSA) is 46.2 Å². The maximum absolute atomic E-state index is 9.95. The Kier molecular flexibility index (Phi) is 8.63. The minimum absolute atomic E-state index is 0.143. The van der Waals surface area contributed by atoms with Crippen molar-refractivity contribution in [3.63, 3.8) is 0 Å². The van der Waals surface area contributed by atoms with Gasteiger partial charge in [0.15, 0.2) is 0 Å². The summed E-state index contributed by atoms with van der Waals surface area (Å²) in [5.41, 5.74) is 8.24. The van der Waals surface area contributed by atoms with Crippen LogP contribution in [0.25, 0.3) is 0 Å². The van der Waals surface area contributed by atoms with Gasteiger partial charge in [0.25, 0.3) is 0 Å². The molecule has 0 aliphatic heterocycles. The van der Waals surface area contributed by atoms with Crippen molar-refractivity contribution in [3.8, 4) is 0 Å². The number of unbranched alkanes of at least 4 members (excludes halogenated alkanes) is 6. The maximum Gasteiger partial charge on any atom is 0.0540 e. The van der Waals surface area contributed by atoms with Crippen LogP contribution in [0.2, 0.25) is 0 Å². The third-order valence-corrected chi connectivity index (χ3v) is 4.67. The highest BCUT2D eigenvalue weighted by Crippen LogP contribution is 2.31. The Balaban J connectivity index is 2.52. The van der Waals surface area contributed by atoms with Crippen molar-refractivity contribution in [3.05, 3.63) is 35.4 Å². The minimum Gasteiger partial charge on any atom is -0.395 e. The van der Waals surface area contributed by atoms with Crippen LogP contribution in [-0.4, -0.2) is 18.3 Å². The largest absolute Gasteiger partial charge is 0.395 e. The number of rotatable bonds is 11. The highest BCUT2D eigenvalue weighted by Gasteiger charge is 2.30. The number of nitrogens with two attached hydrogens (primary N) is 1. The Bertz CT molecular complexity index is 385. The van der Waals surface area contributed by atoms with Gasteiger partial charge in [-0.15, -0.1) is 0 Å². The van der Waals surface area contributed by atoms with Gasteiger partial charge in [-0.05, 0) is 24.5 Å². The van der Waals surface area contributed by atoms with Gasteiger partial charge >= 0.3 is 0 Å². The molecule has 0 aromatic heterocycles. The van der Waals surface area contributed by atoms with Crippen LogP contribution in [-0.2, 0) is 5.41 Å². The van der Waals surface area contributed by atoms with Crippen molar-refractivity contribution < 1.29 is 5.11 Å². The van der Waals surface area contributed by atoms with Crippen LogP contribution in [0.15, 0.2) is 24.3 Å². The van der Waals surface area contributed by atoms with Gasteiger partial charge in [-0.1, -0.05) is 76.1 Å². The van der Waals surface area contributed by atoms with E-state index in [4.69, 9.17) is 5.73 Å². The van der Waals surface area contributed by atoms with E-state index in [2.05, 4.69) is 26.0 Å². The predicted octanol–water partition coefficient (Wildman–Crippen LogP) is 4.32. The lowest BCUT2D eigenvalue weighted by molar-refractivity contribution is 0.184. The summed E-state index contributed by atoms with van der Waals surface area (Å²) >= 11 is 0. The Morgan fingerprint density at radius 3 is 2.19 bits per heavy atom. The first-order chi connectivity index (χ1) is 10.2. The molecule has 21 heavy (non-hydrogen) atoms. The lowest BCUT2D eigenvalue weighted by atomic mass is 9.75. The molecule has 0 heterocycles. The molecule has 3 N–H and O–H groups in total. The number of aliphatic hydroxyl groups is 1. The summed E-state index contributed by atoms with van der Waals surface area (Å²) < 4.78 is 0. The van der Waals surface area contributed by atoms with Crippen LogP contribution in [0.1, 0.15) is 69.4 Å². The second kappa shape index (κ2) is 9.97. The van der Waals surface area contributed by atoms with E-state index in [1.54, 1.807) is 0 Å². The average Bonchev–Trinajstić information content (AvgIpc) is 2.52. The van der Waals surface area contributed by atoms with Gasteiger partial charge in [-0.3, -0.25) is 0 Å². The molecule has 2 heteroatoms. The molecule has 0 radical (unpaired) electrons. The lowest BCUT2D eigenvalue weighted by Gasteiger charge is -2.32. The van der Waals surface area contributed by atoms with E-state index in [1.165, 1.54) is 49.7 Å². The molecule has 1 aromatic rings. The van der Waals surface area contributed by atoms with Crippen LogP contribution in [0.5, 0.6) is 0 Å². The molecule has 0 amide bonds. The molecule has 0 bridgehead atoms. The van der Waals surface area contributed by atoms with E-state index in [-0.39, 0.29) is 12.0 Å².